The van der Waals surface area contributed by atoms with E-state index in [4.69, 9.17) is 0 Å². The highest BCUT2D eigenvalue weighted by molar-refractivity contribution is 5.83. The number of ether oxygens (including phenoxy) is 1. The van der Waals surface area contributed by atoms with Crippen molar-refractivity contribution in [3.05, 3.63) is 35.8 Å². The molecule has 1 aromatic heterocycles. The molecule has 0 saturated heterocycles. The Bertz CT molecular complexity index is 712. The van der Waals surface area contributed by atoms with Crippen LogP contribution in [-0.2, 0) is 16.0 Å². The summed E-state index contributed by atoms with van der Waals surface area (Å²) in [7, 11) is 1.36. The molecular formula is C17H23FN4O2. The Balaban J connectivity index is 1.89. The summed E-state index contributed by atoms with van der Waals surface area (Å²) in [5.41, 5.74) is 1.91. The van der Waals surface area contributed by atoms with Crippen LogP contribution in [0, 0.1) is 5.82 Å². The second kappa shape index (κ2) is 8.90. The molecule has 0 atom stereocenters. The minimum Gasteiger partial charge on any atom is -0.469 e. The first-order valence-electron chi connectivity index (χ1n) is 7.98. The van der Waals surface area contributed by atoms with Crippen molar-refractivity contribution in [1.82, 2.24) is 15.6 Å². The van der Waals surface area contributed by atoms with E-state index in [1.165, 1.54) is 19.2 Å². The Morgan fingerprint density at radius 1 is 1.38 bits per heavy atom. The Kier molecular flexibility index (Phi) is 6.60. The van der Waals surface area contributed by atoms with Crippen molar-refractivity contribution in [2.45, 2.75) is 19.8 Å². The van der Waals surface area contributed by atoms with Gasteiger partial charge in [-0.15, -0.1) is 0 Å². The lowest BCUT2D eigenvalue weighted by molar-refractivity contribution is -0.140. The maximum absolute atomic E-state index is 13.2. The van der Waals surface area contributed by atoms with Crippen LogP contribution in [0.5, 0.6) is 0 Å². The van der Waals surface area contributed by atoms with Crippen LogP contribution >= 0.6 is 0 Å². The minimum absolute atomic E-state index is 0.249. The molecule has 0 bridgehead atoms. The fourth-order valence-electron chi connectivity index (χ4n) is 2.38. The molecule has 130 valence electrons. The molecule has 0 saturated carbocycles. The predicted molar refractivity (Wildman–Crippen MR) is 92.6 cm³/mol. The molecule has 2 rings (SSSR count). The normalized spacial score (nSPS) is 11.5. The van der Waals surface area contributed by atoms with Crippen molar-refractivity contribution < 1.29 is 13.9 Å². The summed E-state index contributed by atoms with van der Waals surface area (Å²) >= 11 is 0. The number of methoxy groups -OCH3 is 1. The average molecular weight is 334 g/mol. The van der Waals surface area contributed by atoms with Gasteiger partial charge in [-0.25, -0.2) is 4.39 Å². The fraction of sp³-hybridized carbons (Fsp3) is 0.412. The first kappa shape index (κ1) is 17.8. The second-order valence-electron chi connectivity index (χ2n) is 5.27. The van der Waals surface area contributed by atoms with Crippen molar-refractivity contribution in [2.75, 3.05) is 26.7 Å². The van der Waals surface area contributed by atoms with Gasteiger partial charge < -0.3 is 20.4 Å². The monoisotopic (exact) mass is 334 g/mol. The van der Waals surface area contributed by atoms with Crippen molar-refractivity contribution in [1.29, 1.82) is 0 Å². The van der Waals surface area contributed by atoms with E-state index in [2.05, 4.69) is 25.3 Å². The number of halogens is 1. The number of aliphatic imine (C=N–C) groups is 1. The number of aromatic nitrogens is 1. The molecular weight excluding hydrogens is 311 g/mol. The zero-order valence-corrected chi connectivity index (χ0v) is 14.0. The standard InChI is InChI=1S/C17H23FN4O2/c1-3-19-17(21-9-7-16(23)24-2)20-8-6-12-11-22-15-10-13(18)4-5-14(12)15/h4-5,10-11,22H,3,6-9H2,1-2H3,(H2,19,20,21). The minimum atomic E-state index is -0.277. The molecule has 0 fully saturated rings. The summed E-state index contributed by atoms with van der Waals surface area (Å²) in [4.78, 5) is 18.5. The van der Waals surface area contributed by atoms with Gasteiger partial charge in [0.15, 0.2) is 5.96 Å². The molecule has 2 aromatic rings. The van der Waals surface area contributed by atoms with E-state index in [0.717, 1.165) is 29.4 Å². The van der Waals surface area contributed by atoms with Gasteiger partial charge in [0, 0.05) is 30.2 Å². The Labute approximate surface area is 140 Å². The molecule has 0 aliphatic rings. The number of nitrogens with zero attached hydrogens (tertiary/aromatic N) is 1. The summed E-state index contributed by atoms with van der Waals surface area (Å²) in [6.07, 6.45) is 2.92. The zero-order chi connectivity index (χ0) is 17.4. The number of rotatable bonds is 7. The number of carbonyl (C=O) groups is 1. The summed E-state index contributed by atoms with van der Waals surface area (Å²) in [6.45, 7) is 3.75. The molecule has 0 radical (unpaired) electrons. The van der Waals surface area contributed by atoms with Gasteiger partial charge in [0.05, 0.1) is 20.1 Å². The largest absolute Gasteiger partial charge is 0.469 e. The molecule has 0 aliphatic heterocycles. The predicted octanol–water partition coefficient (Wildman–Crippen LogP) is 1.97. The number of carbonyl (C=O) groups excluding carboxylic acids is 1. The number of hydrogen-bond acceptors (Lipinski definition) is 3. The van der Waals surface area contributed by atoms with Gasteiger partial charge in [-0.2, -0.15) is 0 Å². The number of aromatic amines is 1. The first-order chi connectivity index (χ1) is 11.6. The van der Waals surface area contributed by atoms with E-state index >= 15 is 0 Å². The zero-order valence-electron chi connectivity index (χ0n) is 14.0. The Morgan fingerprint density at radius 3 is 2.96 bits per heavy atom. The molecule has 0 aliphatic carbocycles. The van der Waals surface area contributed by atoms with Crippen molar-refractivity contribution in [3.8, 4) is 0 Å². The highest BCUT2D eigenvalue weighted by atomic mass is 19.1. The number of nitrogens with one attached hydrogen (secondary N) is 3. The van der Waals surface area contributed by atoms with E-state index < -0.39 is 0 Å². The van der Waals surface area contributed by atoms with E-state index in [9.17, 15) is 9.18 Å². The molecule has 6 nitrogen and oxygen atoms in total. The van der Waals surface area contributed by atoms with Crippen LogP contribution in [0.1, 0.15) is 18.9 Å². The third-order valence-electron chi connectivity index (χ3n) is 3.57. The number of benzene rings is 1. The average Bonchev–Trinajstić information content (AvgIpc) is 2.96. The number of hydrogen-bond donors (Lipinski definition) is 3. The van der Waals surface area contributed by atoms with Crippen LogP contribution in [0.25, 0.3) is 10.9 Å². The van der Waals surface area contributed by atoms with Crippen LogP contribution in [0.2, 0.25) is 0 Å². The van der Waals surface area contributed by atoms with Crippen LogP contribution < -0.4 is 10.6 Å². The van der Waals surface area contributed by atoms with Crippen LogP contribution in [0.3, 0.4) is 0 Å². The number of H-pyrrole nitrogens is 1. The van der Waals surface area contributed by atoms with E-state index in [1.807, 2.05) is 13.1 Å². The van der Waals surface area contributed by atoms with Gasteiger partial charge >= 0.3 is 5.97 Å². The third kappa shape index (κ3) is 4.97. The third-order valence-corrected chi connectivity index (χ3v) is 3.57. The highest BCUT2D eigenvalue weighted by Crippen LogP contribution is 2.19. The SMILES string of the molecule is CCNC(=NCCC(=O)OC)NCCc1c[nH]c2cc(F)ccc12. The molecule has 1 aromatic carbocycles. The maximum atomic E-state index is 13.2. The topological polar surface area (TPSA) is 78.5 Å². The smallest absolute Gasteiger partial charge is 0.307 e. The molecule has 0 spiro atoms. The highest BCUT2D eigenvalue weighted by Gasteiger charge is 2.05. The molecule has 7 heteroatoms. The van der Waals surface area contributed by atoms with Gasteiger partial charge in [0.2, 0.25) is 0 Å². The molecule has 24 heavy (non-hydrogen) atoms. The summed E-state index contributed by atoms with van der Waals surface area (Å²) in [5.74, 6) is 0.133. The van der Waals surface area contributed by atoms with Crippen molar-refractivity contribution >= 4 is 22.8 Å². The number of guanidine groups is 1. The molecule has 0 amide bonds. The molecule has 0 unspecified atom stereocenters. The van der Waals surface area contributed by atoms with Crippen molar-refractivity contribution in [3.63, 3.8) is 0 Å². The van der Waals surface area contributed by atoms with Crippen molar-refractivity contribution in [2.24, 2.45) is 4.99 Å². The van der Waals surface area contributed by atoms with E-state index in [-0.39, 0.29) is 18.2 Å². The van der Waals surface area contributed by atoms with Crippen LogP contribution in [-0.4, -0.2) is 43.7 Å². The van der Waals surface area contributed by atoms with Gasteiger partial charge in [0.25, 0.3) is 0 Å². The lowest BCUT2D eigenvalue weighted by atomic mass is 10.1. The Morgan fingerprint density at radius 2 is 2.21 bits per heavy atom. The van der Waals surface area contributed by atoms with Gasteiger partial charge in [-0.1, -0.05) is 0 Å². The van der Waals surface area contributed by atoms with Gasteiger partial charge in [-0.05, 0) is 37.1 Å². The molecule has 1 heterocycles. The van der Waals surface area contributed by atoms with E-state index in [0.29, 0.717) is 19.0 Å². The maximum Gasteiger partial charge on any atom is 0.307 e. The fourth-order valence-corrected chi connectivity index (χ4v) is 2.38. The van der Waals surface area contributed by atoms with Gasteiger partial charge in [-0.3, -0.25) is 9.79 Å². The van der Waals surface area contributed by atoms with Crippen LogP contribution in [0.15, 0.2) is 29.4 Å². The summed E-state index contributed by atoms with van der Waals surface area (Å²) in [6, 6.07) is 4.74. The van der Waals surface area contributed by atoms with Gasteiger partial charge in [0.1, 0.15) is 5.82 Å². The lowest BCUT2D eigenvalue weighted by Crippen LogP contribution is -2.38. The second-order valence-corrected chi connectivity index (χ2v) is 5.27. The quantitative estimate of drug-likeness (QED) is 0.411. The lowest BCUT2D eigenvalue weighted by Gasteiger charge is -2.11. The van der Waals surface area contributed by atoms with E-state index in [1.54, 1.807) is 6.07 Å². The Hall–Kier alpha value is -2.57. The number of fused-ring (bicyclic) bond motifs is 1. The number of esters is 1. The van der Waals surface area contributed by atoms with Crippen LogP contribution in [0.4, 0.5) is 4.39 Å². The first-order valence-corrected chi connectivity index (χ1v) is 7.98. The molecule has 3 N–H and O–H groups in total. The summed E-state index contributed by atoms with van der Waals surface area (Å²) in [5, 5.41) is 7.37. The summed E-state index contributed by atoms with van der Waals surface area (Å²) < 4.78 is 17.8.